The molecule has 0 saturated carbocycles. The maximum absolute atomic E-state index is 6.20. The van der Waals surface area contributed by atoms with E-state index in [4.69, 9.17) is 4.74 Å². The van der Waals surface area contributed by atoms with E-state index in [0.29, 0.717) is 0 Å². The maximum Gasteiger partial charge on any atom is 0.0769 e. The lowest BCUT2D eigenvalue weighted by Crippen LogP contribution is -2.28. The third-order valence-electron chi connectivity index (χ3n) is 5.07. The molecule has 0 aromatic heterocycles. The van der Waals surface area contributed by atoms with E-state index in [9.17, 15) is 0 Å². The molecule has 1 saturated heterocycles. The summed E-state index contributed by atoms with van der Waals surface area (Å²) in [6, 6.07) is 21.7. The highest BCUT2D eigenvalue weighted by atomic mass is 16.5. The van der Waals surface area contributed by atoms with Crippen LogP contribution < -0.4 is 0 Å². The number of allylic oxidation sites excluding steroid dienone is 1. The normalized spacial score (nSPS) is 19.8. The van der Waals surface area contributed by atoms with E-state index < -0.39 is 0 Å². The Morgan fingerprint density at radius 3 is 2.17 bits per heavy atom. The Kier molecular flexibility index (Phi) is 5.87. The summed E-state index contributed by atoms with van der Waals surface area (Å²) in [7, 11) is 0. The smallest absolute Gasteiger partial charge is 0.0769 e. The second kappa shape index (κ2) is 8.30. The minimum Gasteiger partial charge on any atom is -0.373 e. The molecular formula is C23H28O. The predicted molar refractivity (Wildman–Crippen MR) is 101 cm³/mol. The van der Waals surface area contributed by atoms with E-state index in [1.165, 1.54) is 30.4 Å². The van der Waals surface area contributed by atoms with Crippen LogP contribution in [-0.4, -0.2) is 12.7 Å². The zero-order valence-corrected chi connectivity index (χ0v) is 14.7. The third kappa shape index (κ3) is 3.79. The molecular weight excluding hydrogens is 292 g/mol. The summed E-state index contributed by atoms with van der Waals surface area (Å²) < 4.78 is 6.20. The first-order valence-corrected chi connectivity index (χ1v) is 9.24. The average Bonchev–Trinajstić information content (AvgIpc) is 3.09. The van der Waals surface area contributed by atoms with E-state index in [0.717, 1.165) is 19.4 Å². The Bertz CT molecular complexity index is 590. The first-order chi connectivity index (χ1) is 11.8. The molecule has 126 valence electrons. The van der Waals surface area contributed by atoms with Crippen molar-refractivity contribution in [3.05, 3.63) is 83.9 Å². The summed E-state index contributed by atoms with van der Waals surface area (Å²) in [5.41, 5.74) is 2.69. The van der Waals surface area contributed by atoms with Crippen LogP contribution in [0.2, 0.25) is 0 Å². The Morgan fingerprint density at radius 1 is 0.958 bits per heavy atom. The molecule has 1 nitrogen and oxygen atoms in total. The summed E-state index contributed by atoms with van der Waals surface area (Å²) in [4.78, 5) is 0. The van der Waals surface area contributed by atoms with Crippen LogP contribution in [0.5, 0.6) is 0 Å². The maximum atomic E-state index is 6.20. The minimum atomic E-state index is -0.0268. The van der Waals surface area contributed by atoms with Gasteiger partial charge in [0.25, 0.3) is 0 Å². The van der Waals surface area contributed by atoms with Gasteiger partial charge in [-0.2, -0.15) is 0 Å². The largest absolute Gasteiger partial charge is 0.373 e. The summed E-state index contributed by atoms with van der Waals surface area (Å²) in [5.74, 6) is 0. The fourth-order valence-electron chi connectivity index (χ4n) is 3.68. The van der Waals surface area contributed by atoms with Crippen molar-refractivity contribution >= 4 is 0 Å². The van der Waals surface area contributed by atoms with Crippen molar-refractivity contribution in [3.8, 4) is 0 Å². The van der Waals surface area contributed by atoms with Crippen LogP contribution in [0.25, 0.3) is 0 Å². The molecule has 0 bridgehead atoms. The van der Waals surface area contributed by atoms with Gasteiger partial charge in [0, 0.05) is 5.41 Å². The zero-order valence-electron chi connectivity index (χ0n) is 14.7. The zero-order chi connectivity index (χ0) is 16.7. The van der Waals surface area contributed by atoms with Crippen LogP contribution in [0.15, 0.2) is 72.8 Å². The molecule has 24 heavy (non-hydrogen) atoms. The van der Waals surface area contributed by atoms with Crippen LogP contribution in [0.1, 0.15) is 50.2 Å². The summed E-state index contributed by atoms with van der Waals surface area (Å²) >= 11 is 0. The SMILES string of the molecule is CCCCCC=CC1CC(c2ccccc2)(c2ccccc2)CO1. The van der Waals surface area contributed by atoms with Gasteiger partial charge in [-0.25, -0.2) is 0 Å². The highest BCUT2D eigenvalue weighted by molar-refractivity contribution is 5.41. The van der Waals surface area contributed by atoms with Gasteiger partial charge in [0.15, 0.2) is 0 Å². The molecule has 3 rings (SSSR count). The molecule has 2 aromatic rings. The van der Waals surface area contributed by atoms with Crippen LogP contribution in [0, 0.1) is 0 Å². The van der Waals surface area contributed by atoms with Crippen LogP contribution in [-0.2, 0) is 10.2 Å². The van der Waals surface area contributed by atoms with Gasteiger partial charge in [-0.05, 0) is 30.4 Å². The molecule has 1 fully saturated rings. The monoisotopic (exact) mass is 320 g/mol. The first kappa shape index (κ1) is 17.0. The number of unbranched alkanes of at least 4 members (excludes halogenated alkanes) is 3. The average molecular weight is 320 g/mol. The standard InChI is InChI=1S/C23H28O/c1-2-3-4-5-12-17-22-18-23(19-24-22,20-13-8-6-9-14-20)21-15-10-7-11-16-21/h6-17,22H,2-5,18-19H2,1H3. The third-order valence-corrected chi connectivity index (χ3v) is 5.07. The van der Waals surface area contributed by atoms with Gasteiger partial charge in [-0.3, -0.25) is 0 Å². The molecule has 1 atom stereocenters. The van der Waals surface area contributed by atoms with E-state index >= 15 is 0 Å². The van der Waals surface area contributed by atoms with Crippen molar-refractivity contribution in [2.45, 2.75) is 50.5 Å². The first-order valence-electron chi connectivity index (χ1n) is 9.24. The topological polar surface area (TPSA) is 9.23 Å². The lowest BCUT2D eigenvalue weighted by molar-refractivity contribution is 0.137. The molecule has 1 heteroatoms. The molecule has 0 spiro atoms. The number of hydrogen-bond acceptors (Lipinski definition) is 1. The molecule has 2 aromatic carbocycles. The fraction of sp³-hybridized carbons (Fsp3) is 0.391. The quantitative estimate of drug-likeness (QED) is 0.456. The van der Waals surface area contributed by atoms with Crippen molar-refractivity contribution < 1.29 is 4.74 Å². The molecule has 0 aliphatic carbocycles. The summed E-state index contributed by atoms with van der Waals surface area (Å²) in [5, 5.41) is 0. The number of hydrogen-bond donors (Lipinski definition) is 0. The molecule has 0 amide bonds. The lowest BCUT2D eigenvalue weighted by Gasteiger charge is -2.29. The van der Waals surface area contributed by atoms with Crippen molar-refractivity contribution in [2.75, 3.05) is 6.61 Å². The molecule has 1 aliphatic rings. The lowest BCUT2D eigenvalue weighted by atomic mass is 9.73. The number of ether oxygens (including phenoxy) is 1. The van der Waals surface area contributed by atoms with Crippen LogP contribution in [0.3, 0.4) is 0 Å². The van der Waals surface area contributed by atoms with Crippen LogP contribution in [0.4, 0.5) is 0 Å². The van der Waals surface area contributed by atoms with Crippen molar-refractivity contribution in [1.29, 1.82) is 0 Å². The van der Waals surface area contributed by atoms with Crippen molar-refractivity contribution in [1.82, 2.24) is 0 Å². The molecule has 1 heterocycles. The van der Waals surface area contributed by atoms with E-state index in [2.05, 4.69) is 79.7 Å². The summed E-state index contributed by atoms with van der Waals surface area (Å²) in [6.45, 7) is 3.00. The Morgan fingerprint density at radius 2 is 1.58 bits per heavy atom. The van der Waals surface area contributed by atoms with Gasteiger partial charge >= 0.3 is 0 Å². The fourth-order valence-corrected chi connectivity index (χ4v) is 3.68. The molecule has 0 N–H and O–H groups in total. The van der Waals surface area contributed by atoms with E-state index in [-0.39, 0.29) is 11.5 Å². The predicted octanol–water partition coefficient (Wildman–Crippen LogP) is 5.90. The van der Waals surface area contributed by atoms with Crippen LogP contribution >= 0.6 is 0 Å². The minimum absolute atomic E-state index is 0.0268. The van der Waals surface area contributed by atoms with Gasteiger partial charge in [0.05, 0.1) is 12.7 Å². The number of benzene rings is 2. The second-order valence-corrected chi connectivity index (χ2v) is 6.79. The Labute approximate surface area is 146 Å². The highest BCUT2D eigenvalue weighted by Gasteiger charge is 2.42. The van der Waals surface area contributed by atoms with E-state index in [1.54, 1.807) is 0 Å². The van der Waals surface area contributed by atoms with Crippen molar-refractivity contribution in [2.24, 2.45) is 0 Å². The molecule has 1 unspecified atom stereocenters. The van der Waals surface area contributed by atoms with Gasteiger partial charge in [0.1, 0.15) is 0 Å². The Hall–Kier alpha value is -1.86. The van der Waals surface area contributed by atoms with Gasteiger partial charge < -0.3 is 4.74 Å². The van der Waals surface area contributed by atoms with Gasteiger partial charge in [-0.15, -0.1) is 0 Å². The van der Waals surface area contributed by atoms with Gasteiger partial charge in [-0.1, -0.05) is 92.6 Å². The molecule has 0 radical (unpaired) electrons. The second-order valence-electron chi connectivity index (χ2n) is 6.79. The van der Waals surface area contributed by atoms with E-state index in [1.807, 2.05) is 0 Å². The van der Waals surface area contributed by atoms with Crippen molar-refractivity contribution in [3.63, 3.8) is 0 Å². The molecule has 1 aliphatic heterocycles. The highest BCUT2D eigenvalue weighted by Crippen LogP contribution is 2.42. The summed E-state index contributed by atoms with van der Waals surface area (Å²) in [6.07, 6.45) is 10.9. The van der Waals surface area contributed by atoms with Gasteiger partial charge in [0.2, 0.25) is 0 Å². The Balaban J connectivity index is 1.79. The number of rotatable bonds is 7.